The van der Waals surface area contributed by atoms with Gasteiger partial charge in [-0.05, 0) is 25.1 Å². The molecule has 1 heterocycles. The second-order valence-corrected chi connectivity index (χ2v) is 7.47. The van der Waals surface area contributed by atoms with E-state index in [2.05, 4.69) is 5.32 Å². The van der Waals surface area contributed by atoms with E-state index in [9.17, 15) is 9.59 Å². The van der Waals surface area contributed by atoms with Crippen LogP contribution in [0.1, 0.15) is 18.5 Å². The van der Waals surface area contributed by atoms with Crippen molar-refractivity contribution >= 4 is 35.2 Å². The van der Waals surface area contributed by atoms with Crippen LogP contribution in [0.5, 0.6) is 11.5 Å². The molecule has 0 bridgehead atoms. The molecule has 1 N–H and O–H groups in total. The zero-order valence-corrected chi connectivity index (χ0v) is 18.8. The first kappa shape index (κ1) is 22.8. The average Bonchev–Trinajstić information content (AvgIpc) is 2.76. The van der Waals surface area contributed by atoms with Gasteiger partial charge in [0.05, 0.1) is 36.1 Å². The van der Waals surface area contributed by atoms with Crippen molar-refractivity contribution in [1.82, 2.24) is 10.2 Å². The van der Waals surface area contributed by atoms with Gasteiger partial charge >= 0.3 is 12.0 Å². The molecular formula is C22H22Cl2N2O5. The van der Waals surface area contributed by atoms with Crippen LogP contribution in [0.4, 0.5) is 4.79 Å². The van der Waals surface area contributed by atoms with Crippen molar-refractivity contribution in [2.45, 2.75) is 13.0 Å². The number of methoxy groups -OCH3 is 1. The number of hydrogen-bond acceptors (Lipinski definition) is 5. The monoisotopic (exact) mass is 464 g/mol. The topological polar surface area (TPSA) is 77.1 Å². The van der Waals surface area contributed by atoms with Gasteiger partial charge in [-0.2, -0.15) is 0 Å². The summed E-state index contributed by atoms with van der Waals surface area (Å²) < 4.78 is 16.6. The van der Waals surface area contributed by atoms with Gasteiger partial charge in [0.1, 0.15) is 18.1 Å². The van der Waals surface area contributed by atoms with Crippen LogP contribution in [0.2, 0.25) is 10.0 Å². The van der Waals surface area contributed by atoms with Gasteiger partial charge in [-0.1, -0.05) is 41.4 Å². The number of rotatable bonds is 7. The Hall–Kier alpha value is -2.90. The van der Waals surface area contributed by atoms with Crippen LogP contribution in [0.3, 0.4) is 0 Å². The summed E-state index contributed by atoms with van der Waals surface area (Å²) in [5.74, 6) is 0.288. The first-order chi connectivity index (χ1) is 14.9. The van der Waals surface area contributed by atoms with E-state index in [1.165, 1.54) is 12.0 Å². The molecule has 1 atom stereocenters. The van der Waals surface area contributed by atoms with Gasteiger partial charge in [0.2, 0.25) is 0 Å². The molecule has 2 amide bonds. The molecule has 0 saturated heterocycles. The molecule has 1 aliphatic heterocycles. The highest BCUT2D eigenvalue weighted by atomic mass is 35.5. The van der Waals surface area contributed by atoms with E-state index in [0.29, 0.717) is 32.8 Å². The number of likely N-dealkylation sites (N-methyl/N-ethyl adjacent to an activating group) is 1. The summed E-state index contributed by atoms with van der Waals surface area (Å²) in [6.45, 7) is 1.78. The average molecular weight is 465 g/mol. The van der Waals surface area contributed by atoms with Crippen molar-refractivity contribution in [3.8, 4) is 11.5 Å². The maximum absolute atomic E-state index is 13.0. The summed E-state index contributed by atoms with van der Waals surface area (Å²) in [4.78, 5) is 27.0. The van der Waals surface area contributed by atoms with Crippen LogP contribution >= 0.6 is 23.2 Å². The van der Waals surface area contributed by atoms with E-state index in [1.807, 2.05) is 0 Å². The predicted octanol–water partition coefficient (Wildman–Crippen LogP) is 4.59. The minimum Gasteiger partial charge on any atom is -0.496 e. The van der Waals surface area contributed by atoms with Gasteiger partial charge in [0.15, 0.2) is 0 Å². The Labute approximate surface area is 190 Å². The number of halogens is 2. The maximum Gasteiger partial charge on any atom is 0.338 e. The van der Waals surface area contributed by atoms with Crippen molar-refractivity contribution in [3.05, 3.63) is 69.3 Å². The van der Waals surface area contributed by atoms with Crippen molar-refractivity contribution < 1.29 is 23.8 Å². The molecule has 0 fully saturated rings. The molecule has 31 heavy (non-hydrogen) atoms. The Bertz CT molecular complexity index is 1020. The lowest BCUT2D eigenvalue weighted by Crippen LogP contribution is -2.48. The van der Waals surface area contributed by atoms with E-state index in [1.54, 1.807) is 56.4 Å². The second kappa shape index (κ2) is 9.94. The van der Waals surface area contributed by atoms with Gasteiger partial charge in [-0.25, -0.2) is 9.59 Å². The predicted molar refractivity (Wildman–Crippen MR) is 118 cm³/mol. The Morgan fingerprint density at radius 3 is 2.61 bits per heavy atom. The van der Waals surface area contributed by atoms with Crippen LogP contribution < -0.4 is 14.8 Å². The summed E-state index contributed by atoms with van der Waals surface area (Å²) >= 11 is 12.2. The third kappa shape index (κ3) is 4.89. The highest BCUT2D eigenvalue weighted by molar-refractivity contribution is 6.34. The number of para-hydroxylation sites is 1. The molecule has 0 aliphatic carbocycles. The minimum atomic E-state index is -0.785. The normalized spacial score (nSPS) is 16.1. The molecule has 0 radical (unpaired) electrons. The summed E-state index contributed by atoms with van der Waals surface area (Å²) in [6.07, 6.45) is 0. The highest BCUT2D eigenvalue weighted by Crippen LogP contribution is 2.36. The third-order valence-electron chi connectivity index (χ3n) is 4.78. The van der Waals surface area contributed by atoms with E-state index < -0.39 is 18.0 Å². The number of urea groups is 1. The third-order valence-corrected chi connectivity index (χ3v) is 5.33. The molecular weight excluding hydrogens is 443 g/mol. The van der Waals surface area contributed by atoms with Crippen LogP contribution in [0, 0.1) is 0 Å². The Balaban J connectivity index is 2.09. The standard InChI is InChI=1S/C22H22Cl2N2O5/c1-4-30-21(27)19-16(12-31-18-11-13(23)9-10-15(18)24)26(2)22(28)25-20(19)14-7-5-6-8-17(14)29-3/h5-11,20H,4,12H2,1-3H3,(H,25,28)/t20-/m0/s1. The van der Waals surface area contributed by atoms with E-state index >= 15 is 0 Å². The smallest absolute Gasteiger partial charge is 0.338 e. The number of carbonyl (C=O) groups excluding carboxylic acids is 2. The van der Waals surface area contributed by atoms with Crippen molar-refractivity contribution in [2.75, 3.05) is 27.4 Å². The van der Waals surface area contributed by atoms with Crippen molar-refractivity contribution in [3.63, 3.8) is 0 Å². The molecule has 0 unspecified atom stereocenters. The van der Waals surface area contributed by atoms with Crippen LogP contribution in [-0.2, 0) is 9.53 Å². The van der Waals surface area contributed by atoms with Crippen molar-refractivity contribution in [2.24, 2.45) is 0 Å². The fourth-order valence-corrected chi connectivity index (χ4v) is 3.59. The Morgan fingerprint density at radius 2 is 1.90 bits per heavy atom. The second-order valence-electron chi connectivity index (χ2n) is 6.63. The summed E-state index contributed by atoms with van der Waals surface area (Å²) in [6, 6.07) is 10.8. The lowest BCUT2D eigenvalue weighted by atomic mass is 9.94. The number of ether oxygens (including phenoxy) is 3. The fourth-order valence-electron chi connectivity index (χ4n) is 3.25. The molecule has 3 rings (SSSR count). The minimum absolute atomic E-state index is 0.107. The number of nitrogens with one attached hydrogen (secondary N) is 1. The summed E-state index contributed by atoms with van der Waals surface area (Å²) in [5, 5.41) is 3.64. The first-order valence-electron chi connectivity index (χ1n) is 9.52. The van der Waals surface area contributed by atoms with E-state index in [0.717, 1.165) is 0 Å². The largest absolute Gasteiger partial charge is 0.496 e. The Kier molecular flexibility index (Phi) is 7.30. The molecule has 164 valence electrons. The number of amides is 2. The summed E-state index contributed by atoms with van der Waals surface area (Å²) in [7, 11) is 3.07. The van der Waals surface area contributed by atoms with E-state index in [-0.39, 0.29) is 18.8 Å². The quantitative estimate of drug-likeness (QED) is 0.606. The van der Waals surface area contributed by atoms with Gasteiger partial charge in [0.25, 0.3) is 0 Å². The summed E-state index contributed by atoms with van der Waals surface area (Å²) in [5.41, 5.74) is 1.20. The number of nitrogens with zero attached hydrogens (tertiary/aromatic N) is 1. The van der Waals surface area contributed by atoms with Crippen LogP contribution in [-0.4, -0.2) is 44.3 Å². The number of carbonyl (C=O) groups is 2. The number of hydrogen-bond donors (Lipinski definition) is 1. The first-order valence-corrected chi connectivity index (χ1v) is 10.3. The lowest BCUT2D eigenvalue weighted by molar-refractivity contribution is -0.139. The molecule has 0 aromatic heterocycles. The number of benzene rings is 2. The molecule has 2 aromatic carbocycles. The molecule has 2 aromatic rings. The maximum atomic E-state index is 13.0. The number of esters is 1. The molecule has 0 saturated carbocycles. The van der Waals surface area contributed by atoms with E-state index in [4.69, 9.17) is 37.4 Å². The molecule has 7 nitrogen and oxygen atoms in total. The zero-order valence-electron chi connectivity index (χ0n) is 17.3. The fraction of sp³-hybridized carbons (Fsp3) is 0.273. The van der Waals surface area contributed by atoms with Gasteiger partial charge < -0.3 is 19.5 Å². The molecule has 1 aliphatic rings. The van der Waals surface area contributed by atoms with Gasteiger partial charge in [0, 0.05) is 23.7 Å². The highest BCUT2D eigenvalue weighted by Gasteiger charge is 2.38. The SMILES string of the molecule is CCOC(=O)C1=C(COc2cc(Cl)ccc2Cl)N(C)C(=O)N[C@H]1c1ccccc1OC. The van der Waals surface area contributed by atoms with Crippen LogP contribution in [0.25, 0.3) is 0 Å². The van der Waals surface area contributed by atoms with Gasteiger partial charge in [-0.15, -0.1) is 0 Å². The van der Waals surface area contributed by atoms with Gasteiger partial charge in [-0.3, -0.25) is 4.90 Å². The lowest BCUT2D eigenvalue weighted by Gasteiger charge is -2.34. The molecule has 9 heteroatoms. The zero-order chi connectivity index (χ0) is 22.5. The van der Waals surface area contributed by atoms with Crippen molar-refractivity contribution in [1.29, 1.82) is 0 Å². The Morgan fingerprint density at radius 1 is 1.16 bits per heavy atom. The van der Waals surface area contributed by atoms with Crippen LogP contribution in [0.15, 0.2) is 53.7 Å². The molecule has 0 spiro atoms.